The third kappa shape index (κ3) is 10.7. The van der Waals surface area contributed by atoms with Gasteiger partial charge in [0.2, 0.25) is 17.7 Å². The molecule has 8 heteroatoms. The summed E-state index contributed by atoms with van der Waals surface area (Å²) in [6.07, 6.45) is 3.18. The van der Waals surface area contributed by atoms with Gasteiger partial charge < -0.3 is 26.5 Å². The van der Waals surface area contributed by atoms with Gasteiger partial charge in [-0.3, -0.25) is 14.4 Å². The topological polar surface area (TPSA) is 130 Å². The first-order chi connectivity index (χ1) is 12.6. The molecule has 0 aromatic carbocycles. The van der Waals surface area contributed by atoms with Crippen molar-refractivity contribution in [2.75, 3.05) is 6.54 Å². The van der Waals surface area contributed by atoms with Gasteiger partial charge in [-0.05, 0) is 44.1 Å². The maximum atomic E-state index is 12.6. The molecular weight excluding hydrogens is 348 g/mol. The van der Waals surface area contributed by atoms with Crippen LogP contribution in [-0.4, -0.2) is 48.7 Å². The highest BCUT2D eigenvalue weighted by Gasteiger charge is 2.29. The maximum Gasteiger partial charge on any atom is 0.243 e. The molecule has 3 atom stereocenters. The SMILES string of the molecule is CC(=O)N[C@H](CC(C)C)C(=O)N[C@H](C(=O)N[C@H](C=O)CCCCN)C(C)C. The van der Waals surface area contributed by atoms with Crippen molar-refractivity contribution in [1.82, 2.24) is 16.0 Å². The molecule has 0 rings (SSSR count). The van der Waals surface area contributed by atoms with Crippen LogP contribution in [0.5, 0.6) is 0 Å². The van der Waals surface area contributed by atoms with Gasteiger partial charge in [0.15, 0.2) is 0 Å². The van der Waals surface area contributed by atoms with E-state index in [0.717, 1.165) is 12.8 Å². The first-order valence-electron chi connectivity index (χ1n) is 9.65. The second kappa shape index (κ2) is 13.2. The van der Waals surface area contributed by atoms with Crippen LogP contribution in [0.25, 0.3) is 0 Å². The van der Waals surface area contributed by atoms with E-state index in [1.54, 1.807) is 0 Å². The second-order valence-electron chi connectivity index (χ2n) is 7.65. The lowest BCUT2D eigenvalue weighted by molar-refractivity contribution is -0.133. The minimum atomic E-state index is -0.794. The van der Waals surface area contributed by atoms with Gasteiger partial charge in [-0.1, -0.05) is 27.7 Å². The molecular formula is C19H36N4O4. The van der Waals surface area contributed by atoms with Crippen LogP contribution in [-0.2, 0) is 19.2 Å². The zero-order valence-corrected chi connectivity index (χ0v) is 17.2. The van der Waals surface area contributed by atoms with Crippen molar-refractivity contribution in [3.05, 3.63) is 0 Å². The predicted octanol–water partition coefficient (Wildman–Crippen LogP) is 0.491. The van der Waals surface area contributed by atoms with Crippen LogP contribution in [0.1, 0.15) is 60.3 Å². The summed E-state index contributed by atoms with van der Waals surface area (Å²) in [7, 11) is 0. The Kier molecular flexibility index (Phi) is 12.3. The molecule has 0 saturated heterocycles. The molecule has 0 saturated carbocycles. The van der Waals surface area contributed by atoms with Gasteiger partial charge >= 0.3 is 0 Å². The summed E-state index contributed by atoms with van der Waals surface area (Å²) >= 11 is 0. The van der Waals surface area contributed by atoms with Crippen LogP contribution in [0.15, 0.2) is 0 Å². The van der Waals surface area contributed by atoms with E-state index in [1.807, 2.05) is 27.7 Å². The molecule has 156 valence electrons. The van der Waals surface area contributed by atoms with Gasteiger partial charge in [0.25, 0.3) is 0 Å². The Morgan fingerprint density at radius 2 is 1.59 bits per heavy atom. The molecule has 0 radical (unpaired) electrons. The monoisotopic (exact) mass is 384 g/mol. The predicted molar refractivity (Wildman–Crippen MR) is 105 cm³/mol. The summed E-state index contributed by atoms with van der Waals surface area (Å²) in [5.74, 6) is -1.10. The summed E-state index contributed by atoms with van der Waals surface area (Å²) in [6.45, 7) is 9.40. The highest BCUT2D eigenvalue weighted by atomic mass is 16.2. The van der Waals surface area contributed by atoms with Crippen LogP contribution in [0, 0.1) is 11.8 Å². The van der Waals surface area contributed by atoms with Crippen LogP contribution >= 0.6 is 0 Å². The molecule has 0 aliphatic heterocycles. The van der Waals surface area contributed by atoms with Crippen molar-refractivity contribution in [2.24, 2.45) is 17.6 Å². The first-order valence-corrected chi connectivity index (χ1v) is 9.65. The fraction of sp³-hybridized carbons (Fsp3) is 0.789. The first kappa shape index (κ1) is 25.0. The molecule has 0 aromatic heterocycles. The number of rotatable bonds is 13. The molecule has 0 aromatic rings. The van der Waals surface area contributed by atoms with E-state index < -0.39 is 29.9 Å². The summed E-state index contributed by atoms with van der Waals surface area (Å²) in [5, 5.41) is 8.03. The van der Waals surface area contributed by atoms with E-state index in [-0.39, 0.29) is 17.7 Å². The third-order valence-electron chi connectivity index (χ3n) is 4.11. The number of nitrogens with one attached hydrogen (secondary N) is 3. The molecule has 0 heterocycles. The highest BCUT2D eigenvalue weighted by molar-refractivity contribution is 5.92. The van der Waals surface area contributed by atoms with Gasteiger partial charge in [0, 0.05) is 6.92 Å². The number of hydrogen-bond acceptors (Lipinski definition) is 5. The van der Waals surface area contributed by atoms with E-state index in [0.29, 0.717) is 25.7 Å². The van der Waals surface area contributed by atoms with Gasteiger partial charge in [-0.25, -0.2) is 0 Å². The van der Waals surface area contributed by atoms with Crippen molar-refractivity contribution in [3.63, 3.8) is 0 Å². The van der Waals surface area contributed by atoms with Crippen molar-refractivity contribution in [1.29, 1.82) is 0 Å². The zero-order chi connectivity index (χ0) is 21.0. The quantitative estimate of drug-likeness (QED) is 0.271. The maximum absolute atomic E-state index is 12.6. The number of unbranched alkanes of at least 4 members (excludes halogenated alkanes) is 1. The molecule has 0 spiro atoms. The summed E-state index contributed by atoms with van der Waals surface area (Å²) in [6, 6.07) is -2.11. The van der Waals surface area contributed by atoms with Gasteiger partial charge in [-0.15, -0.1) is 0 Å². The fourth-order valence-corrected chi connectivity index (χ4v) is 2.69. The minimum Gasteiger partial charge on any atom is -0.345 e. The molecule has 0 aliphatic rings. The number of carbonyl (C=O) groups is 4. The van der Waals surface area contributed by atoms with Crippen molar-refractivity contribution < 1.29 is 19.2 Å². The van der Waals surface area contributed by atoms with Crippen LogP contribution in [0.4, 0.5) is 0 Å². The number of carbonyl (C=O) groups excluding carboxylic acids is 4. The molecule has 27 heavy (non-hydrogen) atoms. The van der Waals surface area contributed by atoms with Gasteiger partial charge in [0.05, 0.1) is 6.04 Å². The van der Waals surface area contributed by atoms with Crippen molar-refractivity contribution >= 4 is 24.0 Å². The summed E-state index contributed by atoms with van der Waals surface area (Å²) in [4.78, 5) is 47.8. The van der Waals surface area contributed by atoms with Crippen LogP contribution in [0.2, 0.25) is 0 Å². The summed E-state index contributed by atoms with van der Waals surface area (Å²) < 4.78 is 0. The summed E-state index contributed by atoms with van der Waals surface area (Å²) in [5.41, 5.74) is 5.44. The highest BCUT2D eigenvalue weighted by Crippen LogP contribution is 2.09. The van der Waals surface area contributed by atoms with Crippen molar-refractivity contribution in [3.8, 4) is 0 Å². The Morgan fingerprint density at radius 3 is 2.04 bits per heavy atom. The van der Waals surface area contributed by atoms with E-state index in [9.17, 15) is 19.2 Å². The Hall–Kier alpha value is -1.96. The Bertz CT molecular complexity index is 494. The number of hydrogen-bond donors (Lipinski definition) is 4. The van der Waals surface area contributed by atoms with E-state index >= 15 is 0 Å². The lowest BCUT2D eigenvalue weighted by Gasteiger charge is -2.26. The second-order valence-corrected chi connectivity index (χ2v) is 7.65. The van der Waals surface area contributed by atoms with E-state index in [1.165, 1.54) is 6.92 Å². The zero-order valence-electron chi connectivity index (χ0n) is 17.2. The average molecular weight is 385 g/mol. The van der Waals surface area contributed by atoms with Crippen LogP contribution < -0.4 is 21.7 Å². The molecule has 0 unspecified atom stereocenters. The average Bonchev–Trinajstić information content (AvgIpc) is 2.56. The third-order valence-corrected chi connectivity index (χ3v) is 4.11. The molecule has 3 amide bonds. The number of nitrogens with two attached hydrogens (primary N) is 1. The lowest BCUT2D eigenvalue weighted by atomic mass is 9.99. The van der Waals surface area contributed by atoms with Crippen LogP contribution in [0.3, 0.4) is 0 Å². The lowest BCUT2D eigenvalue weighted by Crippen LogP contribution is -2.56. The largest absolute Gasteiger partial charge is 0.345 e. The Labute approximate surface area is 162 Å². The minimum absolute atomic E-state index is 0.178. The molecule has 0 aliphatic carbocycles. The molecule has 5 N–H and O–H groups in total. The fourth-order valence-electron chi connectivity index (χ4n) is 2.69. The Balaban J connectivity index is 5.02. The molecule has 0 fully saturated rings. The van der Waals surface area contributed by atoms with E-state index in [2.05, 4.69) is 16.0 Å². The van der Waals surface area contributed by atoms with Gasteiger partial charge in [0.1, 0.15) is 18.4 Å². The Morgan fingerprint density at radius 1 is 0.963 bits per heavy atom. The number of aldehydes is 1. The van der Waals surface area contributed by atoms with E-state index in [4.69, 9.17) is 5.73 Å². The van der Waals surface area contributed by atoms with Gasteiger partial charge in [-0.2, -0.15) is 0 Å². The number of amides is 3. The van der Waals surface area contributed by atoms with Crippen molar-refractivity contribution in [2.45, 2.75) is 78.4 Å². The smallest absolute Gasteiger partial charge is 0.243 e. The standard InChI is InChI=1S/C19H36N4O4/c1-12(2)10-16(21-14(5)25)18(26)23-17(13(3)4)19(27)22-15(11-24)8-6-7-9-20/h11-13,15-17H,6-10,20H2,1-5H3,(H,21,25)(H,22,27)(H,23,26)/t15-,16+,17-/m0/s1. The normalized spacial score (nSPS) is 14.4. The molecule has 8 nitrogen and oxygen atoms in total. The molecule has 0 bridgehead atoms.